The van der Waals surface area contributed by atoms with Crippen LogP contribution in [0.1, 0.15) is 18.1 Å². The Morgan fingerprint density at radius 3 is 2.47 bits per heavy atom. The van der Waals surface area contributed by atoms with Crippen LogP contribution in [0.25, 0.3) is 0 Å². The van der Waals surface area contributed by atoms with Gasteiger partial charge in [-0.25, -0.2) is 4.39 Å². The van der Waals surface area contributed by atoms with Gasteiger partial charge < -0.3 is 10.4 Å². The van der Waals surface area contributed by atoms with Crippen molar-refractivity contribution in [3.8, 4) is 0 Å². The van der Waals surface area contributed by atoms with Gasteiger partial charge in [0.2, 0.25) is 0 Å². The standard InChI is InChI=1S/C16H18FNO/c1-12-8-9-15(14(17)10-12)18-11-16(2,19)13-6-4-3-5-7-13/h3-10,18-19H,11H2,1-2H3. The molecule has 0 bridgehead atoms. The average molecular weight is 259 g/mol. The molecule has 0 saturated carbocycles. The highest BCUT2D eigenvalue weighted by Crippen LogP contribution is 2.22. The van der Waals surface area contributed by atoms with E-state index in [2.05, 4.69) is 5.32 Å². The van der Waals surface area contributed by atoms with Gasteiger partial charge in [-0.15, -0.1) is 0 Å². The summed E-state index contributed by atoms with van der Waals surface area (Å²) in [5, 5.41) is 13.4. The molecule has 19 heavy (non-hydrogen) atoms. The van der Waals surface area contributed by atoms with Gasteiger partial charge >= 0.3 is 0 Å². The summed E-state index contributed by atoms with van der Waals surface area (Å²) in [5.41, 5.74) is 1.04. The van der Waals surface area contributed by atoms with Crippen molar-refractivity contribution in [2.75, 3.05) is 11.9 Å². The predicted octanol–water partition coefficient (Wildman–Crippen LogP) is 3.45. The van der Waals surface area contributed by atoms with E-state index in [0.717, 1.165) is 11.1 Å². The minimum absolute atomic E-state index is 0.247. The third-order valence-electron chi connectivity index (χ3n) is 3.14. The Labute approximate surface area is 112 Å². The minimum Gasteiger partial charge on any atom is -0.384 e. The second-order valence-corrected chi connectivity index (χ2v) is 4.98. The van der Waals surface area contributed by atoms with E-state index in [-0.39, 0.29) is 12.4 Å². The summed E-state index contributed by atoms with van der Waals surface area (Å²) in [6.45, 7) is 3.80. The summed E-state index contributed by atoms with van der Waals surface area (Å²) in [7, 11) is 0. The topological polar surface area (TPSA) is 32.3 Å². The number of nitrogens with one attached hydrogen (secondary N) is 1. The molecule has 1 atom stereocenters. The van der Waals surface area contributed by atoms with Crippen molar-refractivity contribution in [2.45, 2.75) is 19.4 Å². The SMILES string of the molecule is Cc1ccc(NCC(C)(O)c2ccccc2)c(F)c1. The maximum absolute atomic E-state index is 13.7. The van der Waals surface area contributed by atoms with Crippen molar-refractivity contribution in [2.24, 2.45) is 0 Å². The molecular weight excluding hydrogens is 241 g/mol. The molecular formula is C16H18FNO. The van der Waals surface area contributed by atoms with Crippen molar-refractivity contribution >= 4 is 5.69 Å². The number of aryl methyl sites for hydroxylation is 1. The summed E-state index contributed by atoms with van der Waals surface area (Å²) in [5.74, 6) is -0.302. The first-order valence-electron chi connectivity index (χ1n) is 6.27. The quantitative estimate of drug-likeness (QED) is 0.881. The van der Waals surface area contributed by atoms with Crippen molar-refractivity contribution in [1.29, 1.82) is 0 Å². The van der Waals surface area contributed by atoms with Gasteiger partial charge in [-0.2, -0.15) is 0 Å². The van der Waals surface area contributed by atoms with E-state index in [1.807, 2.05) is 43.3 Å². The van der Waals surface area contributed by atoms with Gasteiger partial charge in [-0.05, 0) is 37.1 Å². The molecule has 2 N–H and O–H groups in total. The molecule has 0 spiro atoms. The number of anilines is 1. The number of hydrogen-bond acceptors (Lipinski definition) is 2. The third kappa shape index (κ3) is 3.32. The lowest BCUT2D eigenvalue weighted by Crippen LogP contribution is -2.30. The minimum atomic E-state index is -1.04. The first-order valence-corrected chi connectivity index (χ1v) is 6.27. The molecule has 0 aliphatic heterocycles. The molecule has 0 heterocycles. The maximum atomic E-state index is 13.7. The average Bonchev–Trinajstić information content (AvgIpc) is 2.39. The second-order valence-electron chi connectivity index (χ2n) is 4.98. The number of aliphatic hydroxyl groups is 1. The Kier molecular flexibility index (Phi) is 3.86. The molecule has 0 fully saturated rings. The molecule has 0 saturated heterocycles. The Bertz CT molecular complexity index is 552. The Balaban J connectivity index is 2.09. The largest absolute Gasteiger partial charge is 0.384 e. The van der Waals surface area contributed by atoms with Gasteiger partial charge in [0, 0.05) is 6.54 Å². The van der Waals surface area contributed by atoms with Gasteiger partial charge in [0.15, 0.2) is 0 Å². The monoisotopic (exact) mass is 259 g/mol. The highest BCUT2D eigenvalue weighted by Gasteiger charge is 2.22. The van der Waals surface area contributed by atoms with Crippen molar-refractivity contribution < 1.29 is 9.50 Å². The molecule has 0 aliphatic carbocycles. The molecule has 2 aromatic rings. The summed E-state index contributed by atoms with van der Waals surface area (Å²) < 4.78 is 13.7. The first-order chi connectivity index (χ1) is 8.99. The van der Waals surface area contributed by atoms with E-state index in [4.69, 9.17) is 0 Å². The van der Waals surface area contributed by atoms with Crippen molar-refractivity contribution in [1.82, 2.24) is 0 Å². The Hall–Kier alpha value is -1.87. The maximum Gasteiger partial charge on any atom is 0.146 e. The normalized spacial score (nSPS) is 13.9. The summed E-state index contributed by atoms with van der Waals surface area (Å²) in [4.78, 5) is 0. The first kappa shape index (κ1) is 13.6. The lowest BCUT2D eigenvalue weighted by atomic mass is 9.96. The summed E-state index contributed by atoms with van der Waals surface area (Å²) in [6.07, 6.45) is 0. The summed E-state index contributed by atoms with van der Waals surface area (Å²) in [6, 6.07) is 14.3. The molecule has 0 aliphatic rings. The molecule has 100 valence electrons. The zero-order valence-corrected chi connectivity index (χ0v) is 11.2. The molecule has 0 amide bonds. The molecule has 0 radical (unpaired) electrons. The van der Waals surface area contributed by atoms with Crippen molar-refractivity contribution in [3.63, 3.8) is 0 Å². The van der Waals surface area contributed by atoms with Crippen LogP contribution in [0.5, 0.6) is 0 Å². The molecule has 2 rings (SSSR count). The smallest absolute Gasteiger partial charge is 0.146 e. The van der Waals surface area contributed by atoms with Gasteiger partial charge in [-0.3, -0.25) is 0 Å². The fourth-order valence-electron chi connectivity index (χ4n) is 1.93. The molecule has 3 heteroatoms. The molecule has 2 aromatic carbocycles. The van der Waals surface area contributed by atoms with Crippen LogP contribution in [-0.2, 0) is 5.60 Å². The molecule has 1 unspecified atom stereocenters. The molecule has 2 nitrogen and oxygen atoms in total. The second kappa shape index (κ2) is 5.41. The number of halogens is 1. The third-order valence-corrected chi connectivity index (χ3v) is 3.14. The fraction of sp³-hybridized carbons (Fsp3) is 0.250. The van der Waals surface area contributed by atoms with E-state index >= 15 is 0 Å². The highest BCUT2D eigenvalue weighted by atomic mass is 19.1. The van der Waals surface area contributed by atoms with Crippen LogP contribution in [0.15, 0.2) is 48.5 Å². The van der Waals surface area contributed by atoms with E-state index in [0.29, 0.717) is 5.69 Å². The lowest BCUT2D eigenvalue weighted by molar-refractivity contribution is 0.0715. The van der Waals surface area contributed by atoms with E-state index in [1.165, 1.54) is 6.07 Å². The van der Waals surface area contributed by atoms with Crippen LogP contribution >= 0.6 is 0 Å². The van der Waals surface area contributed by atoms with Crippen LogP contribution in [0, 0.1) is 12.7 Å². The zero-order chi connectivity index (χ0) is 13.9. The van der Waals surface area contributed by atoms with Crippen LogP contribution in [0.2, 0.25) is 0 Å². The van der Waals surface area contributed by atoms with Crippen LogP contribution in [0.3, 0.4) is 0 Å². The fourth-order valence-corrected chi connectivity index (χ4v) is 1.93. The number of hydrogen-bond donors (Lipinski definition) is 2. The number of rotatable bonds is 4. The zero-order valence-electron chi connectivity index (χ0n) is 11.2. The summed E-state index contributed by atoms with van der Waals surface area (Å²) >= 11 is 0. The van der Waals surface area contributed by atoms with Crippen molar-refractivity contribution in [3.05, 3.63) is 65.5 Å². The highest BCUT2D eigenvalue weighted by molar-refractivity contribution is 5.46. The van der Waals surface area contributed by atoms with Gasteiger partial charge in [0.1, 0.15) is 11.4 Å². The van der Waals surface area contributed by atoms with Gasteiger partial charge in [-0.1, -0.05) is 36.4 Å². The van der Waals surface area contributed by atoms with E-state index in [1.54, 1.807) is 13.0 Å². The molecule has 0 aromatic heterocycles. The van der Waals surface area contributed by atoms with E-state index in [9.17, 15) is 9.50 Å². The van der Waals surface area contributed by atoms with Crippen LogP contribution in [0.4, 0.5) is 10.1 Å². The van der Waals surface area contributed by atoms with Crippen LogP contribution in [-0.4, -0.2) is 11.7 Å². The lowest BCUT2D eigenvalue weighted by Gasteiger charge is -2.25. The number of benzene rings is 2. The van der Waals surface area contributed by atoms with E-state index < -0.39 is 5.60 Å². The van der Waals surface area contributed by atoms with Gasteiger partial charge in [0.25, 0.3) is 0 Å². The Morgan fingerprint density at radius 2 is 1.84 bits per heavy atom. The van der Waals surface area contributed by atoms with Crippen LogP contribution < -0.4 is 5.32 Å². The predicted molar refractivity (Wildman–Crippen MR) is 75.6 cm³/mol. The Morgan fingerprint density at radius 1 is 1.16 bits per heavy atom. The van der Waals surface area contributed by atoms with Gasteiger partial charge in [0.05, 0.1) is 5.69 Å².